The molecular formula is C17H21ClN2O2. The third-order valence-electron chi connectivity index (χ3n) is 4.16. The third kappa shape index (κ3) is 3.03. The van der Waals surface area contributed by atoms with E-state index in [1.807, 2.05) is 17.0 Å². The molecule has 1 unspecified atom stereocenters. The summed E-state index contributed by atoms with van der Waals surface area (Å²) in [7, 11) is 0. The maximum Gasteiger partial charge on any atom is 0.257 e. The first-order chi connectivity index (χ1) is 10.2. The van der Waals surface area contributed by atoms with Gasteiger partial charge >= 0.3 is 0 Å². The van der Waals surface area contributed by atoms with Crippen LogP contribution in [0.3, 0.4) is 0 Å². The number of hydrogen-bond acceptors (Lipinski definition) is 3. The molecule has 4 nitrogen and oxygen atoms in total. The molecule has 1 aliphatic heterocycles. The van der Waals surface area contributed by atoms with Crippen molar-refractivity contribution in [1.29, 1.82) is 0 Å². The molecule has 118 valence electrons. The van der Waals surface area contributed by atoms with Crippen LogP contribution in [-0.2, 0) is 6.54 Å². The minimum atomic E-state index is 0. The number of halogens is 1. The smallest absolute Gasteiger partial charge is 0.257 e. The van der Waals surface area contributed by atoms with Gasteiger partial charge in [0.25, 0.3) is 5.91 Å². The molecule has 5 heteroatoms. The Labute approximate surface area is 136 Å². The van der Waals surface area contributed by atoms with Crippen LogP contribution in [0.4, 0.5) is 0 Å². The van der Waals surface area contributed by atoms with Gasteiger partial charge in [-0.3, -0.25) is 4.79 Å². The first-order valence-corrected chi connectivity index (χ1v) is 7.34. The Balaban J connectivity index is 0.00000176. The molecule has 22 heavy (non-hydrogen) atoms. The monoisotopic (exact) mass is 320 g/mol. The van der Waals surface area contributed by atoms with Crippen LogP contribution >= 0.6 is 12.4 Å². The van der Waals surface area contributed by atoms with Crippen molar-refractivity contribution in [2.75, 3.05) is 6.54 Å². The fourth-order valence-corrected chi connectivity index (χ4v) is 3.06. The van der Waals surface area contributed by atoms with Crippen molar-refractivity contribution >= 4 is 18.3 Å². The number of nitrogens with zero attached hydrogens (tertiary/aromatic N) is 1. The van der Waals surface area contributed by atoms with Crippen LogP contribution in [0.5, 0.6) is 0 Å². The zero-order valence-corrected chi connectivity index (χ0v) is 13.4. The number of benzene rings is 1. The van der Waals surface area contributed by atoms with Gasteiger partial charge in [-0.1, -0.05) is 24.3 Å². The van der Waals surface area contributed by atoms with Crippen LogP contribution in [0.2, 0.25) is 0 Å². The quantitative estimate of drug-likeness (QED) is 0.942. The lowest BCUT2D eigenvalue weighted by Gasteiger charge is -2.25. The van der Waals surface area contributed by atoms with E-state index >= 15 is 0 Å². The molecule has 0 spiro atoms. The predicted molar refractivity (Wildman–Crippen MR) is 88.0 cm³/mol. The summed E-state index contributed by atoms with van der Waals surface area (Å²) in [6.07, 6.45) is 3.56. The van der Waals surface area contributed by atoms with E-state index in [0.29, 0.717) is 17.9 Å². The summed E-state index contributed by atoms with van der Waals surface area (Å²) in [5, 5.41) is 0. The molecule has 3 rings (SSSR count). The molecular weight excluding hydrogens is 300 g/mol. The van der Waals surface area contributed by atoms with E-state index in [0.717, 1.165) is 19.4 Å². The normalized spacial score (nSPS) is 17.4. The fraction of sp³-hybridized carbons (Fsp3) is 0.353. The van der Waals surface area contributed by atoms with Crippen molar-refractivity contribution in [2.24, 2.45) is 5.73 Å². The van der Waals surface area contributed by atoms with Crippen molar-refractivity contribution in [3.05, 3.63) is 59.0 Å². The molecule has 2 N–H and O–H groups in total. The lowest BCUT2D eigenvalue weighted by molar-refractivity contribution is 0.0734. The summed E-state index contributed by atoms with van der Waals surface area (Å²) in [6, 6.07) is 10.2. The van der Waals surface area contributed by atoms with Crippen LogP contribution in [0.15, 0.2) is 41.0 Å². The topological polar surface area (TPSA) is 59.5 Å². The average molecular weight is 321 g/mol. The highest BCUT2D eigenvalue weighted by molar-refractivity contribution is 5.94. The zero-order valence-electron chi connectivity index (χ0n) is 12.6. The molecule has 1 amide bonds. The lowest BCUT2D eigenvalue weighted by atomic mass is 9.99. The Morgan fingerprint density at radius 1 is 1.41 bits per heavy atom. The number of carbonyl (C=O) groups excluding carboxylic acids is 1. The molecule has 0 aliphatic carbocycles. The maximum absolute atomic E-state index is 12.7. The third-order valence-corrected chi connectivity index (χ3v) is 4.16. The number of likely N-dealkylation sites (tertiary alicyclic amines) is 1. The van der Waals surface area contributed by atoms with E-state index in [1.54, 1.807) is 6.07 Å². The second-order valence-corrected chi connectivity index (χ2v) is 5.52. The number of nitrogens with two attached hydrogens (primary N) is 1. The minimum absolute atomic E-state index is 0. The Kier molecular flexibility index (Phi) is 5.27. The Morgan fingerprint density at radius 2 is 2.18 bits per heavy atom. The van der Waals surface area contributed by atoms with Gasteiger partial charge in [-0.15, -0.1) is 12.4 Å². The van der Waals surface area contributed by atoms with Gasteiger partial charge in [0.05, 0.1) is 18.2 Å². The van der Waals surface area contributed by atoms with Gasteiger partial charge in [0.15, 0.2) is 0 Å². The number of furan rings is 1. The van der Waals surface area contributed by atoms with Crippen molar-refractivity contribution in [3.63, 3.8) is 0 Å². The molecule has 1 atom stereocenters. The summed E-state index contributed by atoms with van der Waals surface area (Å²) < 4.78 is 5.29. The summed E-state index contributed by atoms with van der Waals surface area (Å²) in [5.41, 5.74) is 8.60. The number of rotatable bonds is 3. The second kappa shape index (κ2) is 6.99. The van der Waals surface area contributed by atoms with Crippen molar-refractivity contribution in [1.82, 2.24) is 4.90 Å². The second-order valence-electron chi connectivity index (χ2n) is 5.52. The van der Waals surface area contributed by atoms with E-state index < -0.39 is 0 Å². The van der Waals surface area contributed by atoms with E-state index in [1.165, 1.54) is 17.4 Å². The average Bonchev–Trinajstić information content (AvgIpc) is 3.16. The van der Waals surface area contributed by atoms with Crippen LogP contribution in [-0.4, -0.2) is 17.4 Å². The fourth-order valence-electron chi connectivity index (χ4n) is 3.06. The van der Waals surface area contributed by atoms with Gasteiger partial charge in [-0.25, -0.2) is 0 Å². The van der Waals surface area contributed by atoms with Gasteiger partial charge in [0.2, 0.25) is 0 Å². The van der Waals surface area contributed by atoms with Gasteiger partial charge in [0, 0.05) is 6.54 Å². The van der Waals surface area contributed by atoms with Crippen LogP contribution in [0.25, 0.3) is 0 Å². The number of aryl methyl sites for hydroxylation is 1. The molecule has 2 aromatic rings. The van der Waals surface area contributed by atoms with Crippen LogP contribution in [0.1, 0.15) is 46.1 Å². The Morgan fingerprint density at radius 3 is 2.86 bits per heavy atom. The standard InChI is InChI=1S/C17H20N2O2.ClH/c1-12-5-2-3-6-15(12)16-7-4-8-19(16)17(20)13-9-14(10-18)21-11-13;/h2-3,5-6,9,11,16H,4,7-8,10,18H2,1H3;1H. The molecule has 1 aromatic carbocycles. The maximum atomic E-state index is 12.7. The predicted octanol–water partition coefficient (Wildman–Crippen LogP) is 3.45. The van der Waals surface area contributed by atoms with Gasteiger partial charge in [-0.2, -0.15) is 0 Å². The van der Waals surface area contributed by atoms with Crippen molar-refractivity contribution < 1.29 is 9.21 Å². The molecule has 1 fully saturated rings. The molecule has 0 saturated carbocycles. The van der Waals surface area contributed by atoms with E-state index in [-0.39, 0.29) is 24.4 Å². The number of carbonyl (C=O) groups is 1. The summed E-state index contributed by atoms with van der Waals surface area (Å²) >= 11 is 0. The van der Waals surface area contributed by atoms with E-state index in [4.69, 9.17) is 10.2 Å². The zero-order chi connectivity index (χ0) is 14.8. The molecule has 1 aromatic heterocycles. The molecule has 0 bridgehead atoms. The lowest BCUT2D eigenvalue weighted by Crippen LogP contribution is -2.30. The van der Waals surface area contributed by atoms with Crippen molar-refractivity contribution in [3.8, 4) is 0 Å². The van der Waals surface area contributed by atoms with Crippen LogP contribution < -0.4 is 5.73 Å². The minimum Gasteiger partial charge on any atom is -0.467 e. The van der Waals surface area contributed by atoms with E-state index in [9.17, 15) is 4.79 Å². The van der Waals surface area contributed by atoms with Gasteiger partial charge in [0.1, 0.15) is 12.0 Å². The number of hydrogen-bond donors (Lipinski definition) is 1. The van der Waals surface area contributed by atoms with Crippen molar-refractivity contribution in [2.45, 2.75) is 32.4 Å². The summed E-state index contributed by atoms with van der Waals surface area (Å²) in [4.78, 5) is 14.6. The Hall–Kier alpha value is -1.78. The van der Waals surface area contributed by atoms with E-state index in [2.05, 4.69) is 19.1 Å². The largest absolute Gasteiger partial charge is 0.467 e. The Bertz CT molecular complexity index is 654. The highest BCUT2D eigenvalue weighted by Gasteiger charge is 2.31. The molecule has 2 heterocycles. The van der Waals surface area contributed by atoms with Gasteiger partial charge < -0.3 is 15.1 Å². The summed E-state index contributed by atoms with van der Waals surface area (Å²) in [5.74, 6) is 0.675. The first kappa shape index (κ1) is 16.6. The summed E-state index contributed by atoms with van der Waals surface area (Å²) in [6.45, 7) is 3.20. The highest BCUT2D eigenvalue weighted by Crippen LogP contribution is 2.34. The molecule has 1 saturated heterocycles. The van der Waals surface area contributed by atoms with Crippen LogP contribution in [0, 0.1) is 6.92 Å². The highest BCUT2D eigenvalue weighted by atomic mass is 35.5. The number of amides is 1. The first-order valence-electron chi connectivity index (χ1n) is 7.34. The molecule has 0 radical (unpaired) electrons. The van der Waals surface area contributed by atoms with Gasteiger partial charge in [-0.05, 0) is 37.0 Å². The molecule has 1 aliphatic rings. The SMILES string of the molecule is Cc1ccccc1C1CCCN1C(=O)c1coc(CN)c1.Cl.